The number of H-pyrrole nitrogens is 1. The summed E-state index contributed by atoms with van der Waals surface area (Å²) in [5.41, 5.74) is 3.09. The summed E-state index contributed by atoms with van der Waals surface area (Å²) in [6.07, 6.45) is 0. The number of hydrogen-bond acceptors (Lipinski definition) is 4. The van der Waals surface area contributed by atoms with Gasteiger partial charge in [-0.05, 0) is 52.8 Å². The number of amides is 1. The molecule has 1 aromatic heterocycles. The Labute approximate surface area is 148 Å². The lowest BCUT2D eigenvalue weighted by Crippen LogP contribution is -2.36. The fraction of sp³-hybridized carbons (Fsp3) is 0.167. The first kappa shape index (κ1) is 17.0. The summed E-state index contributed by atoms with van der Waals surface area (Å²) < 4.78 is 6.39. The Morgan fingerprint density at radius 3 is 2.72 bits per heavy atom. The number of benzene rings is 2. The highest BCUT2D eigenvalue weighted by Crippen LogP contribution is 2.17. The molecule has 0 bridgehead atoms. The molecule has 0 aliphatic rings. The van der Waals surface area contributed by atoms with Crippen molar-refractivity contribution in [3.8, 4) is 5.69 Å². The third-order valence-electron chi connectivity index (χ3n) is 3.63. The maximum Gasteiger partial charge on any atom is 0.442 e. The number of aromatic amines is 1. The summed E-state index contributed by atoms with van der Waals surface area (Å²) in [5.74, 6) is -0.0815. The second-order valence-corrected chi connectivity index (χ2v) is 6.58. The summed E-state index contributed by atoms with van der Waals surface area (Å²) in [7, 11) is 0. The number of para-hydroxylation sites is 1. The van der Waals surface area contributed by atoms with E-state index in [0.717, 1.165) is 34.3 Å². The number of thioether (sulfide) groups is 1. The van der Waals surface area contributed by atoms with Gasteiger partial charge < -0.3 is 5.32 Å². The van der Waals surface area contributed by atoms with Crippen molar-refractivity contribution in [2.24, 2.45) is 0 Å². The normalized spacial score (nSPS) is 10.6. The van der Waals surface area contributed by atoms with Gasteiger partial charge in [0.2, 0.25) is 11.6 Å². The van der Waals surface area contributed by atoms with E-state index in [1.54, 1.807) is 0 Å². The smallest absolute Gasteiger partial charge is 0.325 e. The molecule has 0 unspecified atom stereocenters. The molecule has 0 saturated heterocycles. The van der Waals surface area contributed by atoms with Gasteiger partial charge in [0.1, 0.15) is 0 Å². The Balaban J connectivity index is 1.72. The number of carbonyl (C=O) groups is 1. The highest BCUT2D eigenvalue weighted by atomic mass is 32.2. The first-order chi connectivity index (χ1) is 12.0. The zero-order valence-electron chi connectivity index (χ0n) is 13.9. The van der Waals surface area contributed by atoms with Crippen molar-refractivity contribution in [3.63, 3.8) is 0 Å². The molecule has 3 rings (SSSR count). The van der Waals surface area contributed by atoms with Gasteiger partial charge in [-0.25, -0.2) is 4.79 Å². The SMILES string of the molecule is Cc1ccc(C)c(NC(=O)CSc2c(=O)o[nH][n+]2-c2ccccc2)c1. The summed E-state index contributed by atoms with van der Waals surface area (Å²) in [6, 6.07) is 15.1. The minimum absolute atomic E-state index is 0.100. The Morgan fingerprint density at radius 2 is 1.96 bits per heavy atom. The number of nitrogens with zero attached hydrogens (tertiary/aromatic N) is 1. The van der Waals surface area contributed by atoms with Crippen molar-refractivity contribution in [2.75, 3.05) is 11.1 Å². The molecule has 1 heterocycles. The average Bonchev–Trinajstić information content (AvgIpc) is 2.98. The molecule has 0 aliphatic carbocycles. The average molecular weight is 356 g/mol. The van der Waals surface area contributed by atoms with Crippen LogP contribution in [0.25, 0.3) is 5.69 Å². The number of hydrogen-bond donors (Lipinski definition) is 2. The monoisotopic (exact) mass is 356 g/mol. The van der Waals surface area contributed by atoms with E-state index in [0.29, 0.717) is 5.03 Å². The lowest BCUT2D eigenvalue weighted by molar-refractivity contribution is -0.704. The van der Waals surface area contributed by atoms with Gasteiger partial charge in [-0.3, -0.25) is 9.32 Å². The standard InChI is InChI=1S/C18H17N3O3S/c1-12-8-9-13(2)15(10-12)19-16(22)11-25-17-18(23)24-20-21(17)14-6-4-3-5-7-14/h3-10H,11H2,1-2H3,(H-,19,20,22,23)/p+1. The van der Waals surface area contributed by atoms with E-state index in [2.05, 4.69) is 10.6 Å². The first-order valence-corrected chi connectivity index (χ1v) is 8.72. The number of rotatable bonds is 5. The second-order valence-electron chi connectivity index (χ2n) is 5.61. The van der Waals surface area contributed by atoms with Crippen LogP contribution in [0.1, 0.15) is 11.1 Å². The third-order valence-corrected chi connectivity index (χ3v) is 4.66. The van der Waals surface area contributed by atoms with Crippen LogP contribution < -0.4 is 15.6 Å². The van der Waals surface area contributed by atoms with E-state index >= 15 is 0 Å². The Morgan fingerprint density at radius 1 is 1.20 bits per heavy atom. The molecule has 0 fully saturated rings. The molecule has 0 radical (unpaired) electrons. The molecule has 0 saturated carbocycles. The van der Waals surface area contributed by atoms with Crippen LogP contribution in [0.15, 0.2) is 62.9 Å². The first-order valence-electron chi connectivity index (χ1n) is 7.73. The molecular weight excluding hydrogens is 338 g/mol. The van der Waals surface area contributed by atoms with E-state index in [9.17, 15) is 9.59 Å². The minimum atomic E-state index is -0.506. The third kappa shape index (κ3) is 4.00. The second kappa shape index (κ2) is 7.40. The van der Waals surface area contributed by atoms with Gasteiger partial charge in [0.05, 0.1) is 5.75 Å². The van der Waals surface area contributed by atoms with Crippen LogP contribution in [0.5, 0.6) is 0 Å². The van der Waals surface area contributed by atoms with Crippen molar-refractivity contribution < 1.29 is 14.0 Å². The number of carbonyl (C=O) groups excluding carboxylic acids is 1. The van der Waals surface area contributed by atoms with Crippen LogP contribution in [0.3, 0.4) is 0 Å². The molecular formula is C18H18N3O3S+. The van der Waals surface area contributed by atoms with E-state index in [1.807, 2.05) is 62.4 Å². The predicted molar refractivity (Wildman–Crippen MR) is 96.1 cm³/mol. The molecule has 0 aliphatic heterocycles. The van der Waals surface area contributed by atoms with Crippen LogP contribution in [0.4, 0.5) is 5.69 Å². The van der Waals surface area contributed by atoms with Crippen LogP contribution in [-0.4, -0.2) is 16.9 Å². The highest BCUT2D eigenvalue weighted by Gasteiger charge is 2.24. The number of aryl methyl sites for hydroxylation is 2. The highest BCUT2D eigenvalue weighted by molar-refractivity contribution is 7.99. The Hall–Kier alpha value is -2.80. The molecule has 128 valence electrons. The van der Waals surface area contributed by atoms with E-state index in [4.69, 9.17) is 4.52 Å². The molecule has 0 spiro atoms. The van der Waals surface area contributed by atoms with Gasteiger partial charge in [0.25, 0.3) is 0 Å². The van der Waals surface area contributed by atoms with Gasteiger partial charge in [0.15, 0.2) is 0 Å². The van der Waals surface area contributed by atoms with Gasteiger partial charge in [-0.1, -0.05) is 30.3 Å². The Kier molecular flexibility index (Phi) is 5.04. The lowest BCUT2D eigenvalue weighted by atomic mass is 10.1. The molecule has 6 nitrogen and oxygen atoms in total. The van der Waals surface area contributed by atoms with Crippen molar-refractivity contribution in [2.45, 2.75) is 18.9 Å². The van der Waals surface area contributed by atoms with E-state index < -0.39 is 5.63 Å². The summed E-state index contributed by atoms with van der Waals surface area (Å²) in [6.45, 7) is 3.91. The van der Waals surface area contributed by atoms with Crippen molar-refractivity contribution in [3.05, 3.63) is 70.1 Å². The fourth-order valence-corrected chi connectivity index (χ4v) is 3.10. The Bertz CT molecular complexity index is 948. The van der Waals surface area contributed by atoms with Gasteiger partial charge in [-0.2, -0.15) is 0 Å². The lowest BCUT2D eigenvalue weighted by Gasteiger charge is -2.08. The van der Waals surface area contributed by atoms with Crippen LogP contribution >= 0.6 is 11.8 Å². The van der Waals surface area contributed by atoms with E-state index in [-0.39, 0.29) is 11.7 Å². The zero-order chi connectivity index (χ0) is 17.8. The molecule has 2 N–H and O–H groups in total. The molecule has 1 amide bonds. The molecule has 0 atom stereocenters. The van der Waals surface area contributed by atoms with Crippen molar-refractivity contribution in [1.82, 2.24) is 5.27 Å². The van der Waals surface area contributed by atoms with Crippen LogP contribution in [0.2, 0.25) is 0 Å². The number of nitrogens with one attached hydrogen (secondary N) is 2. The maximum atomic E-state index is 12.2. The van der Waals surface area contributed by atoms with Crippen molar-refractivity contribution in [1.29, 1.82) is 0 Å². The number of anilines is 1. The quantitative estimate of drug-likeness (QED) is 0.544. The molecule has 2 aromatic carbocycles. The molecule has 7 heteroatoms. The topological polar surface area (TPSA) is 79.0 Å². The molecule has 3 aromatic rings. The maximum absolute atomic E-state index is 12.2. The fourth-order valence-electron chi connectivity index (χ4n) is 2.32. The van der Waals surface area contributed by atoms with Crippen LogP contribution in [-0.2, 0) is 4.79 Å². The predicted octanol–water partition coefficient (Wildman–Crippen LogP) is 2.59. The van der Waals surface area contributed by atoms with Gasteiger partial charge >= 0.3 is 10.7 Å². The summed E-state index contributed by atoms with van der Waals surface area (Å²) in [5, 5.41) is 5.76. The minimum Gasteiger partial charge on any atom is -0.325 e. The van der Waals surface area contributed by atoms with Gasteiger partial charge in [0, 0.05) is 17.8 Å². The molecule has 25 heavy (non-hydrogen) atoms. The number of aromatic nitrogens is 2. The van der Waals surface area contributed by atoms with E-state index in [1.165, 1.54) is 4.68 Å². The van der Waals surface area contributed by atoms with Crippen LogP contribution in [0, 0.1) is 13.8 Å². The zero-order valence-corrected chi connectivity index (χ0v) is 14.7. The van der Waals surface area contributed by atoms with Gasteiger partial charge in [-0.15, -0.1) is 0 Å². The summed E-state index contributed by atoms with van der Waals surface area (Å²) >= 11 is 1.13. The van der Waals surface area contributed by atoms with Crippen molar-refractivity contribution >= 4 is 23.4 Å². The largest absolute Gasteiger partial charge is 0.442 e. The summed E-state index contributed by atoms with van der Waals surface area (Å²) in [4.78, 5) is 24.2.